The van der Waals surface area contributed by atoms with E-state index in [2.05, 4.69) is 110 Å². The van der Waals surface area contributed by atoms with Crippen molar-refractivity contribution in [3.05, 3.63) is 113 Å². The van der Waals surface area contributed by atoms with Crippen LogP contribution in [0.15, 0.2) is 84.4 Å². The van der Waals surface area contributed by atoms with Gasteiger partial charge in [-0.25, -0.2) is 0 Å². The summed E-state index contributed by atoms with van der Waals surface area (Å²) >= 11 is 0. The molecule has 0 unspecified atom stereocenters. The van der Waals surface area contributed by atoms with Gasteiger partial charge in [-0.15, -0.1) is 10.2 Å². The molecule has 37 heavy (non-hydrogen) atoms. The van der Waals surface area contributed by atoms with E-state index in [9.17, 15) is 0 Å². The van der Waals surface area contributed by atoms with E-state index in [0.717, 1.165) is 63.6 Å². The molecule has 5 nitrogen and oxygen atoms in total. The van der Waals surface area contributed by atoms with Crippen LogP contribution in [0.5, 0.6) is 0 Å². The lowest BCUT2D eigenvalue weighted by Gasteiger charge is -2.33. The molecule has 0 bridgehead atoms. The summed E-state index contributed by atoms with van der Waals surface area (Å²) in [6, 6.07) is 28.6. The Balaban J connectivity index is 1.11. The third kappa shape index (κ3) is 4.84. The molecule has 1 fully saturated rings. The van der Waals surface area contributed by atoms with Crippen molar-refractivity contribution in [2.45, 2.75) is 39.7 Å². The van der Waals surface area contributed by atoms with Crippen molar-refractivity contribution in [1.82, 2.24) is 19.7 Å². The second-order valence-corrected chi connectivity index (χ2v) is 10.3. The highest BCUT2D eigenvalue weighted by atomic mass is 15.3. The van der Waals surface area contributed by atoms with Crippen molar-refractivity contribution in [3.63, 3.8) is 0 Å². The number of nitrogens with zero attached hydrogens (tertiary/aromatic N) is 5. The molecule has 2 aliphatic heterocycles. The van der Waals surface area contributed by atoms with Crippen LogP contribution in [0.2, 0.25) is 0 Å². The molecule has 188 valence electrons. The van der Waals surface area contributed by atoms with Crippen LogP contribution in [-0.4, -0.2) is 45.8 Å². The van der Waals surface area contributed by atoms with Crippen molar-refractivity contribution in [1.29, 1.82) is 0 Å². The Bertz CT molecular complexity index is 1390. The largest absolute Gasteiger partial charge is 0.362 e. The van der Waals surface area contributed by atoms with E-state index in [4.69, 9.17) is 0 Å². The molecular weight excluding hydrogens is 454 g/mol. The van der Waals surface area contributed by atoms with Gasteiger partial charge in [-0.05, 0) is 68.5 Å². The van der Waals surface area contributed by atoms with Crippen LogP contribution < -0.4 is 4.90 Å². The monoisotopic (exact) mass is 489 g/mol. The highest BCUT2D eigenvalue weighted by Crippen LogP contribution is 2.34. The summed E-state index contributed by atoms with van der Waals surface area (Å²) in [6.07, 6.45) is 3.41. The molecule has 2 aliphatic rings. The molecule has 4 aromatic rings. The normalized spacial score (nSPS) is 15.4. The van der Waals surface area contributed by atoms with Gasteiger partial charge in [0.15, 0.2) is 5.82 Å². The van der Waals surface area contributed by atoms with Crippen LogP contribution in [0.3, 0.4) is 0 Å². The number of benzene rings is 3. The van der Waals surface area contributed by atoms with Crippen LogP contribution in [-0.2, 0) is 6.54 Å². The lowest BCUT2D eigenvalue weighted by atomic mass is 9.88. The number of piperidine rings is 1. The van der Waals surface area contributed by atoms with E-state index < -0.39 is 0 Å². The minimum absolute atomic E-state index is 0.821. The van der Waals surface area contributed by atoms with Crippen molar-refractivity contribution in [2.24, 2.45) is 0 Å². The van der Waals surface area contributed by atoms with E-state index >= 15 is 0 Å². The number of fused-ring (bicyclic) bond motifs is 3. The summed E-state index contributed by atoms with van der Waals surface area (Å²) in [5.74, 6) is 1.99. The van der Waals surface area contributed by atoms with Crippen LogP contribution in [0, 0.1) is 13.8 Å². The maximum atomic E-state index is 4.44. The summed E-state index contributed by atoms with van der Waals surface area (Å²) < 4.78 is 2.20. The van der Waals surface area contributed by atoms with Crippen molar-refractivity contribution >= 4 is 11.3 Å². The Morgan fingerprint density at radius 2 is 1.41 bits per heavy atom. The van der Waals surface area contributed by atoms with Gasteiger partial charge in [0.25, 0.3) is 0 Å². The lowest BCUT2D eigenvalue weighted by molar-refractivity contribution is 0.254. The van der Waals surface area contributed by atoms with Gasteiger partial charge in [-0.1, -0.05) is 77.9 Å². The third-order valence-electron chi connectivity index (χ3n) is 7.81. The number of likely N-dealkylation sites (tertiary alicyclic amines) is 1. The van der Waals surface area contributed by atoms with Gasteiger partial charge in [0, 0.05) is 19.6 Å². The second kappa shape index (κ2) is 10.3. The van der Waals surface area contributed by atoms with E-state index in [1.807, 2.05) is 6.92 Å². The molecule has 0 aliphatic carbocycles. The summed E-state index contributed by atoms with van der Waals surface area (Å²) in [5, 5.41) is 8.77. The first kappa shape index (κ1) is 23.7. The summed E-state index contributed by atoms with van der Waals surface area (Å²) in [7, 11) is 0. The van der Waals surface area contributed by atoms with E-state index in [0.29, 0.717) is 0 Å². The van der Waals surface area contributed by atoms with Crippen LogP contribution >= 0.6 is 0 Å². The van der Waals surface area contributed by atoms with Crippen molar-refractivity contribution < 1.29 is 0 Å². The number of hydrogen-bond acceptors (Lipinski definition) is 4. The smallest absolute Gasteiger partial charge is 0.157 e. The molecule has 3 heterocycles. The fourth-order valence-electron chi connectivity index (χ4n) is 5.88. The maximum absolute atomic E-state index is 4.44. The molecule has 0 radical (unpaired) electrons. The standard InChI is InChI=1S/C32H35N5/c1-24-13-15-27(16-14-24)32(26-9-4-3-5-10-26)28-17-21-35(22-18-28)19-8-20-36-23-31-34-33-25(2)37(31)30-12-7-6-11-29(30)36/h3-7,9-16H,8,17-23H2,1-2H3. The van der Waals surface area contributed by atoms with Crippen LogP contribution in [0.1, 0.15) is 47.6 Å². The zero-order chi connectivity index (χ0) is 25.2. The Kier molecular flexibility index (Phi) is 6.62. The van der Waals surface area contributed by atoms with E-state index in [-0.39, 0.29) is 0 Å². The Morgan fingerprint density at radius 1 is 0.730 bits per heavy atom. The van der Waals surface area contributed by atoms with Crippen LogP contribution in [0.25, 0.3) is 11.3 Å². The van der Waals surface area contributed by atoms with Crippen molar-refractivity contribution in [2.75, 3.05) is 31.1 Å². The molecule has 1 aromatic heterocycles. The molecule has 6 rings (SSSR count). The average Bonchev–Trinajstić information content (AvgIpc) is 3.32. The molecule has 0 spiro atoms. The number of hydrogen-bond donors (Lipinski definition) is 0. The third-order valence-corrected chi connectivity index (χ3v) is 7.81. The molecule has 0 amide bonds. The Labute approximate surface area is 220 Å². The number of rotatable bonds is 6. The lowest BCUT2D eigenvalue weighted by Crippen LogP contribution is -2.35. The van der Waals surface area contributed by atoms with Gasteiger partial charge >= 0.3 is 0 Å². The highest BCUT2D eigenvalue weighted by molar-refractivity contribution is 5.82. The number of anilines is 1. The van der Waals surface area contributed by atoms with E-state index in [1.54, 1.807) is 5.57 Å². The molecule has 3 aromatic carbocycles. The molecule has 0 N–H and O–H groups in total. The maximum Gasteiger partial charge on any atom is 0.157 e. The minimum Gasteiger partial charge on any atom is -0.362 e. The first-order valence-corrected chi connectivity index (χ1v) is 13.5. The number of aryl methyl sites for hydroxylation is 2. The molecule has 5 heteroatoms. The first-order chi connectivity index (χ1) is 18.2. The first-order valence-electron chi connectivity index (χ1n) is 13.5. The summed E-state index contributed by atoms with van der Waals surface area (Å²) in [6.45, 7) is 9.42. The van der Waals surface area contributed by atoms with Gasteiger partial charge in [0.2, 0.25) is 0 Å². The zero-order valence-corrected chi connectivity index (χ0v) is 21.9. The van der Waals surface area contributed by atoms with Gasteiger partial charge in [0.1, 0.15) is 5.82 Å². The Morgan fingerprint density at radius 3 is 2.16 bits per heavy atom. The number of para-hydroxylation sites is 2. The highest BCUT2D eigenvalue weighted by Gasteiger charge is 2.25. The zero-order valence-electron chi connectivity index (χ0n) is 21.9. The average molecular weight is 490 g/mol. The quantitative estimate of drug-likeness (QED) is 0.324. The second-order valence-electron chi connectivity index (χ2n) is 10.3. The fourth-order valence-corrected chi connectivity index (χ4v) is 5.88. The van der Waals surface area contributed by atoms with Gasteiger partial charge in [-0.2, -0.15) is 0 Å². The van der Waals surface area contributed by atoms with E-state index in [1.165, 1.54) is 33.6 Å². The molecule has 1 saturated heterocycles. The molecular formula is C32H35N5. The van der Waals surface area contributed by atoms with Crippen LogP contribution in [0.4, 0.5) is 5.69 Å². The van der Waals surface area contributed by atoms with Gasteiger partial charge < -0.3 is 9.80 Å². The summed E-state index contributed by atoms with van der Waals surface area (Å²) in [4.78, 5) is 5.11. The minimum atomic E-state index is 0.821. The topological polar surface area (TPSA) is 37.2 Å². The van der Waals surface area contributed by atoms with Gasteiger partial charge in [0.05, 0.1) is 17.9 Å². The Hall–Kier alpha value is -3.70. The van der Waals surface area contributed by atoms with Crippen molar-refractivity contribution in [3.8, 4) is 5.69 Å². The molecule has 0 atom stereocenters. The summed E-state index contributed by atoms with van der Waals surface area (Å²) in [5.41, 5.74) is 9.49. The molecule has 0 saturated carbocycles. The SMILES string of the molecule is Cc1ccc(C(=C2CCN(CCCN3Cc4nnc(C)n4-c4ccccc43)CC2)c2ccccc2)cc1. The fraction of sp³-hybridized carbons (Fsp3) is 0.312. The number of aromatic nitrogens is 3. The predicted octanol–water partition coefficient (Wildman–Crippen LogP) is 6.19. The van der Waals surface area contributed by atoms with Gasteiger partial charge in [-0.3, -0.25) is 4.57 Å². The predicted molar refractivity (Wildman–Crippen MR) is 151 cm³/mol.